The van der Waals surface area contributed by atoms with Gasteiger partial charge in [-0.25, -0.2) is 9.78 Å². The summed E-state index contributed by atoms with van der Waals surface area (Å²) in [6, 6.07) is 1.71. The second kappa shape index (κ2) is 7.90. The number of carbonyl (C=O) groups excluding carboxylic acids is 1. The Bertz CT molecular complexity index is 908. The molecule has 0 aliphatic rings. The minimum absolute atomic E-state index is 0.203. The molecular formula is C18H24N4O4. The van der Waals surface area contributed by atoms with Crippen LogP contribution in [-0.2, 0) is 4.74 Å². The molecule has 0 bridgehead atoms. The Kier molecular flexibility index (Phi) is 5.86. The van der Waals surface area contributed by atoms with Gasteiger partial charge in [0, 0.05) is 5.39 Å². The van der Waals surface area contributed by atoms with Crippen LogP contribution in [0.1, 0.15) is 42.6 Å². The van der Waals surface area contributed by atoms with Crippen molar-refractivity contribution in [3.05, 3.63) is 23.1 Å². The van der Waals surface area contributed by atoms with E-state index in [4.69, 9.17) is 19.7 Å². The van der Waals surface area contributed by atoms with Gasteiger partial charge in [-0.3, -0.25) is 0 Å². The number of aromatic nitrogens is 3. The van der Waals surface area contributed by atoms with E-state index in [-0.39, 0.29) is 18.0 Å². The number of nitrogen functional groups attached to an aromatic ring is 1. The van der Waals surface area contributed by atoms with Crippen molar-refractivity contribution in [2.24, 2.45) is 0 Å². The molecule has 26 heavy (non-hydrogen) atoms. The minimum atomic E-state index is -0.504. The number of aryl methyl sites for hydroxylation is 2. The van der Waals surface area contributed by atoms with Crippen molar-refractivity contribution in [2.75, 3.05) is 19.5 Å². The molecule has 0 radical (unpaired) electrons. The SMILES string of the molecule is CC.CCOC(=O)c1c(N)[nH]c2nc(-c3c(C)noc3C)c(OC)cc12. The van der Waals surface area contributed by atoms with Gasteiger partial charge in [-0.1, -0.05) is 19.0 Å². The van der Waals surface area contributed by atoms with E-state index in [0.29, 0.717) is 33.9 Å². The molecule has 3 N–H and O–H groups in total. The maximum Gasteiger partial charge on any atom is 0.342 e. The second-order valence-electron chi connectivity index (χ2n) is 5.27. The van der Waals surface area contributed by atoms with Gasteiger partial charge in [0.1, 0.15) is 34.2 Å². The van der Waals surface area contributed by atoms with Gasteiger partial charge in [-0.05, 0) is 26.8 Å². The van der Waals surface area contributed by atoms with Gasteiger partial charge in [0.05, 0.1) is 25.0 Å². The number of aromatic amines is 1. The lowest BCUT2D eigenvalue weighted by molar-refractivity contribution is 0.0530. The number of pyridine rings is 1. The fraction of sp³-hybridized carbons (Fsp3) is 0.389. The number of H-pyrrole nitrogens is 1. The molecule has 3 rings (SSSR count). The third-order valence-electron chi connectivity index (χ3n) is 3.75. The van der Waals surface area contributed by atoms with Crippen molar-refractivity contribution in [1.29, 1.82) is 0 Å². The van der Waals surface area contributed by atoms with E-state index in [0.717, 1.165) is 5.56 Å². The lowest BCUT2D eigenvalue weighted by Crippen LogP contribution is -2.06. The van der Waals surface area contributed by atoms with E-state index < -0.39 is 5.97 Å². The number of esters is 1. The Morgan fingerprint density at radius 2 is 2.04 bits per heavy atom. The number of anilines is 1. The van der Waals surface area contributed by atoms with Crippen LogP contribution in [0.2, 0.25) is 0 Å². The normalized spacial score (nSPS) is 10.4. The molecule has 0 aliphatic carbocycles. The first kappa shape index (κ1) is 19.3. The minimum Gasteiger partial charge on any atom is -0.494 e. The van der Waals surface area contributed by atoms with Gasteiger partial charge in [0.15, 0.2) is 0 Å². The van der Waals surface area contributed by atoms with Gasteiger partial charge in [-0.15, -0.1) is 0 Å². The third-order valence-corrected chi connectivity index (χ3v) is 3.75. The molecular weight excluding hydrogens is 336 g/mol. The van der Waals surface area contributed by atoms with E-state index in [1.807, 2.05) is 20.8 Å². The molecule has 8 heteroatoms. The topological polar surface area (TPSA) is 116 Å². The summed E-state index contributed by atoms with van der Waals surface area (Å²) in [7, 11) is 1.53. The van der Waals surface area contributed by atoms with Gasteiger partial charge in [0.2, 0.25) is 0 Å². The van der Waals surface area contributed by atoms with Crippen molar-refractivity contribution in [3.8, 4) is 17.0 Å². The van der Waals surface area contributed by atoms with E-state index >= 15 is 0 Å². The van der Waals surface area contributed by atoms with Gasteiger partial charge < -0.3 is 24.7 Å². The van der Waals surface area contributed by atoms with Crippen LogP contribution in [0.15, 0.2) is 10.6 Å². The van der Waals surface area contributed by atoms with E-state index in [1.165, 1.54) is 7.11 Å². The number of hydrogen-bond donors (Lipinski definition) is 2. The number of hydrogen-bond acceptors (Lipinski definition) is 7. The zero-order valence-electron chi connectivity index (χ0n) is 15.9. The number of carbonyl (C=O) groups is 1. The Morgan fingerprint density at radius 1 is 1.35 bits per heavy atom. The fourth-order valence-electron chi connectivity index (χ4n) is 2.69. The summed E-state index contributed by atoms with van der Waals surface area (Å²) in [5.41, 5.74) is 8.67. The summed E-state index contributed by atoms with van der Waals surface area (Å²) in [4.78, 5) is 19.6. The first-order valence-corrected chi connectivity index (χ1v) is 8.44. The van der Waals surface area contributed by atoms with Crippen LogP contribution in [0, 0.1) is 13.8 Å². The summed E-state index contributed by atoms with van der Waals surface area (Å²) in [5, 5.41) is 4.48. The van der Waals surface area contributed by atoms with Crippen LogP contribution in [0.25, 0.3) is 22.3 Å². The van der Waals surface area contributed by atoms with Crippen LogP contribution in [0.4, 0.5) is 5.82 Å². The van der Waals surface area contributed by atoms with Crippen molar-refractivity contribution >= 4 is 22.8 Å². The predicted molar refractivity (Wildman–Crippen MR) is 99.3 cm³/mol. The lowest BCUT2D eigenvalue weighted by atomic mass is 10.1. The Morgan fingerprint density at radius 3 is 2.58 bits per heavy atom. The van der Waals surface area contributed by atoms with Crippen LogP contribution >= 0.6 is 0 Å². The van der Waals surface area contributed by atoms with Crippen molar-refractivity contribution in [2.45, 2.75) is 34.6 Å². The Balaban J connectivity index is 0.00000117. The summed E-state index contributed by atoms with van der Waals surface area (Å²) >= 11 is 0. The summed E-state index contributed by atoms with van der Waals surface area (Å²) in [6.07, 6.45) is 0. The van der Waals surface area contributed by atoms with Crippen LogP contribution in [0.3, 0.4) is 0 Å². The lowest BCUT2D eigenvalue weighted by Gasteiger charge is -2.08. The monoisotopic (exact) mass is 360 g/mol. The first-order chi connectivity index (χ1) is 12.5. The van der Waals surface area contributed by atoms with Crippen molar-refractivity contribution in [3.63, 3.8) is 0 Å². The number of nitrogens with zero attached hydrogens (tertiary/aromatic N) is 2. The zero-order chi connectivity index (χ0) is 19.4. The molecule has 140 valence electrons. The van der Waals surface area contributed by atoms with Crippen molar-refractivity contribution in [1.82, 2.24) is 15.1 Å². The van der Waals surface area contributed by atoms with E-state index in [9.17, 15) is 4.79 Å². The number of rotatable bonds is 4. The molecule has 0 spiro atoms. The molecule has 0 fully saturated rings. The molecule has 0 amide bonds. The largest absolute Gasteiger partial charge is 0.494 e. The molecule has 3 aromatic rings. The van der Waals surface area contributed by atoms with E-state index in [2.05, 4.69) is 15.1 Å². The highest BCUT2D eigenvalue weighted by molar-refractivity contribution is 6.09. The zero-order valence-corrected chi connectivity index (χ0v) is 15.9. The molecule has 0 unspecified atom stereocenters. The maximum absolute atomic E-state index is 12.1. The van der Waals surface area contributed by atoms with Gasteiger partial charge >= 0.3 is 5.97 Å². The average molecular weight is 360 g/mol. The molecule has 0 aromatic carbocycles. The highest BCUT2D eigenvalue weighted by atomic mass is 16.5. The maximum atomic E-state index is 12.1. The number of nitrogens with one attached hydrogen (secondary N) is 1. The fourth-order valence-corrected chi connectivity index (χ4v) is 2.69. The van der Waals surface area contributed by atoms with Crippen LogP contribution < -0.4 is 10.5 Å². The van der Waals surface area contributed by atoms with Gasteiger partial charge in [-0.2, -0.15) is 0 Å². The Labute approximate surface area is 151 Å². The van der Waals surface area contributed by atoms with Gasteiger partial charge in [0.25, 0.3) is 0 Å². The molecule has 8 nitrogen and oxygen atoms in total. The Hall–Kier alpha value is -3.03. The number of ether oxygens (including phenoxy) is 2. The standard InChI is InChI=1S/C16H18N4O4.C2H6/c1-5-23-16(21)12-9-6-10(22-4)13(18-15(9)19-14(12)17)11-7(2)20-24-8(11)3;1-2/h6H,5,17H2,1-4H3,(H,18,19);1-2H3. The molecule has 0 aliphatic heterocycles. The molecule has 0 atom stereocenters. The predicted octanol–water partition coefficient (Wildman–Crippen LogP) is 3.63. The van der Waals surface area contributed by atoms with Crippen LogP contribution in [-0.4, -0.2) is 34.8 Å². The smallest absolute Gasteiger partial charge is 0.342 e. The number of methoxy groups -OCH3 is 1. The number of nitrogens with two attached hydrogens (primary N) is 1. The molecule has 3 heterocycles. The second-order valence-corrected chi connectivity index (χ2v) is 5.27. The summed E-state index contributed by atoms with van der Waals surface area (Å²) in [6.45, 7) is 9.61. The molecule has 0 saturated heterocycles. The van der Waals surface area contributed by atoms with E-state index in [1.54, 1.807) is 19.9 Å². The average Bonchev–Trinajstić information content (AvgIpc) is 3.13. The van der Waals surface area contributed by atoms with Crippen molar-refractivity contribution < 1.29 is 18.8 Å². The highest BCUT2D eigenvalue weighted by Crippen LogP contribution is 2.37. The third kappa shape index (κ3) is 3.22. The molecule has 3 aromatic heterocycles. The summed E-state index contributed by atoms with van der Waals surface area (Å²) < 4.78 is 15.7. The van der Waals surface area contributed by atoms with Crippen LogP contribution in [0.5, 0.6) is 5.75 Å². The number of fused-ring (bicyclic) bond motifs is 1. The quantitative estimate of drug-likeness (QED) is 0.682. The molecule has 0 saturated carbocycles. The summed E-state index contributed by atoms with van der Waals surface area (Å²) in [5.74, 6) is 0.813. The first-order valence-electron chi connectivity index (χ1n) is 8.44. The highest BCUT2D eigenvalue weighted by Gasteiger charge is 2.24.